The summed E-state index contributed by atoms with van der Waals surface area (Å²) < 4.78 is 35.9. The zero-order chi connectivity index (χ0) is 9.35. The third-order valence-corrected chi connectivity index (χ3v) is 1.89. The van der Waals surface area contributed by atoms with Crippen LogP contribution in [0.3, 0.4) is 0 Å². The predicted molar refractivity (Wildman–Crippen MR) is 40.8 cm³/mol. The van der Waals surface area contributed by atoms with Gasteiger partial charge in [0.05, 0.1) is 5.92 Å². The molecule has 1 aliphatic rings. The van der Waals surface area contributed by atoms with Crippen LogP contribution in [-0.4, -0.2) is 29.8 Å². The lowest BCUT2D eigenvalue weighted by Crippen LogP contribution is -2.30. The highest BCUT2D eigenvalue weighted by molar-refractivity contribution is 5.85. The Morgan fingerprint density at radius 2 is 2.00 bits per heavy atom. The number of halogens is 4. The first-order valence-electron chi connectivity index (χ1n) is 3.44. The van der Waals surface area contributed by atoms with E-state index in [1.807, 2.05) is 0 Å². The molecule has 1 heterocycles. The minimum absolute atomic E-state index is 0. The molecule has 0 aromatic rings. The maximum atomic E-state index is 12.0. The predicted octanol–water partition coefficient (Wildman–Crippen LogP) is 1.03. The monoisotopic (exact) mass is 219 g/mol. The number of rotatable bonds is 1. The molecule has 0 radical (unpaired) electrons. The fraction of sp³-hybridized carbons (Fsp3) is 0.833. The third kappa shape index (κ3) is 3.04. The van der Waals surface area contributed by atoms with Crippen molar-refractivity contribution in [3.8, 4) is 0 Å². The van der Waals surface area contributed by atoms with Gasteiger partial charge in [-0.15, -0.1) is 12.4 Å². The number of carbonyl (C=O) groups is 1. The lowest BCUT2D eigenvalue weighted by atomic mass is 10.1. The van der Waals surface area contributed by atoms with Crippen LogP contribution in [-0.2, 0) is 4.79 Å². The SMILES string of the molecule is Cl.O=C(O)[C@@H]1C[C@@H](C(F)(F)F)CN1. The average Bonchev–Trinajstić information content (AvgIpc) is 2.30. The van der Waals surface area contributed by atoms with E-state index >= 15 is 0 Å². The van der Waals surface area contributed by atoms with Crippen LogP contribution in [0.15, 0.2) is 0 Å². The van der Waals surface area contributed by atoms with Gasteiger partial charge in [0, 0.05) is 6.54 Å². The molecule has 0 unspecified atom stereocenters. The van der Waals surface area contributed by atoms with Gasteiger partial charge in [-0.25, -0.2) is 0 Å². The van der Waals surface area contributed by atoms with Crippen molar-refractivity contribution in [3.63, 3.8) is 0 Å². The van der Waals surface area contributed by atoms with Crippen molar-refractivity contribution < 1.29 is 23.1 Å². The van der Waals surface area contributed by atoms with E-state index in [2.05, 4.69) is 5.32 Å². The fourth-order valence-electron chi connectivity index (χ4n) is 1.17. The number of aliphatic carboxylic acids is 1. The molecule has 2 N–H and O–H groups in total. The maximum Gasteiger partial charge on any atom is 0.393 e. The summed E-state index contributed by atoms with van der Waals surface area (Å²) in [6, 6.07) is -1.04. The lowest BCUT2D eigenvalue weighted by Gasteiger charge is -2.12. The Morgan fingerprint density at radius 3 is 2.23 bits per heavy atom. The first kappa shape index (κ1) is 12.5. The van der Waals surface area contributed by atoms with Crippen LogP contribution in [0.5, 0.6) is 0 Å². The van der Waals surface area contributed by atoms with Crippen LogP contribution < -0.4 is 5.32 Å². The largest absolute Gasteiger partial charge is 0.480 e. The number of hydrogen-bond acceptors (Lipinski definition) is 2. The summed E-state index contributed by atoms with van der Waals surface area (Å²) in [5.74, 6) is -2.74. The van der Waals surface area contributed by atoms with Gasteiger partial charge in [-0.2, -0.15) is 13.2 Å². The topological polar surface area (TPSA) is 49.3 Å². The van der Waals surface area contributed by atoms with Gasteiger partial charge in [-0.05, 0) is 6.42 Å². The molecule has 1 saturated heterocycles. The van der Waals surface area contributed by atoms with Crippen LogP contribution in [0.4, 0.5) is 13.2 Å². The number of nitrogens with one attached hydrogen (secondary N) is 1. The average molecular weight is 220 g/mol. The molecule has 1 rings (SSSR count). The zero-order valence-electron chi connectivity index (χ0n) is 6.47. The van der Waals surface area contributed by atoms with Crippen molar-refractivity contribution in [2.45, 2.75) is 18.6 Å². The van der Waals surface area contributed by atoms with Crippen LogP contribution >= 0.6 is 12.4 Å². The minimum atomic E-state index is -4.28. The fourth-order valence-corrected chi connectivity index (χ4v) is 1.17. The van der Waals surface area contributed by atoms with Crippen LogP contribution in [0, 0.1) is 5.92 Å². The summed E-state index contributed by atoms with van der Waals surface area (Å²) in [5, 5.41) is 10.7. The molecule has 0 saturated carbocycles. The van der Waals surface area contributed by atoms with Gasteiger partial charge in [-0.1, -0.05) is 0 Å². The molecule has 0 spiro atoms. The Hall–Kier alpha value is -0.490. The second kappa shape index (κ2) is 4.15. The van der Waals surface area contributed by atoms with Crippen LogP contribution in [0.1, 0.15) is 6.42 Å². The van der Waals surface area contributed by atoms with E-state index in [9.17, 15) is 18.0 Å². The lowest BCUT2D eigenvalue weighted by molar-refractivity contribution is -0.169. The van der Waals surface area contributed by atoms with Crippen LogP contribution in [0.25, 0.3) is 0 Å². The molecule has 0 aromatic carbocycles. The van der Waals surface area contributed by atoms with Gasteiger partial charge in [-0.3, -0.25) is 4.79 Å². The molecular weight excluding hydrogens is 211 g/mol. The Kier molecular flexibility index (Phi) is 3.99. The van der Waals surface area contributed by atoms with Gasteiger partial charge in [0.1, 0.15) is 6.04 Å². The van der Waals surface area contributed by atoms with Gasteiger partial charge < -0.3 is 10.4 Å². The van der Waals surface area contributed by atoms with E-state index in [4.69, 9.17) is 5.11 Å². The second-order valence-electron chi connectivity index (χ2n) is 2.77. The molecule has 0 aliphatic carbocycles. The first-order chi connectivity index (χ1) is 5.41. The van der Waals surface area contributed by atoms with Gasteiger partial charge in [0.2, 0.25) is 0 Å². The van der Waals surface area contributed by atoms with Crippen molar-refractivity contribution >= 4 is 18.4 Å². The Balaban J connectivity index is 0.00000144. The number of carboxylic acid groups (broad SMARTS) is 1. The zero-order valence-corrected chi connectivity index (χ0v) is 7.28. The summed E-state index contributed by atoms with van der Waals surface area (Å²) in [7, 11) is 0. The molecule has 2 atom stereocenters. The summed E-state index contributed by atoms with van der Waals surface area (Å²) in [6.07, 6.45) is -4.64. The molecule has 13 heavy (non-hydrogen) atoms. The van der Waals surface area contributed by atoms with Crippen molar-refractivity contribution in [1.82, 2.24) is 5.32 Å². The Labute approximate surface area is 78.7 Å². The van der Waals surface area contributed by atoms with Gasteiger partial charge in [0.25, 0.3) is 0 Å². The smallest absolute Gasteiger partial charge is 0.393 e. The van der Waals surface area contributed by atoms with E-state index in [0.717, 1.165) is 0 Å². The molecule has 78 valence electrons. The minimum Gasteiger partial charge on any atom is -0.480 e. The van der Waals surface area contributed by atoms with Crippen molar-refractivity contribution in [3.05, 3.63) is 0 Å². The molecule has 0 bridgehead atoms. The van der Waals surface area contributed by atoms with E-state index in [1.54, 1.807) is 0 Å². The van der Waals surface area contributed by atoms with Crippen molar-refractivity contribution in [1.29, 1.82) is 0 Å². The van der Waals surface area contributed by atoms with Gasteiger partial charge in [0.15, 0.2) is 0 Å². The number of hydrogen-bond donors (Lipinski definition) is 2. The molecule has 0 aromatic heterocycles. The quantitative estimate of drug-likeness (QED) is 0.693. The van der Waals surface area contributed by atoms with E-state index < -0.39 is 24.1 Å². The second-order valence-corrected chi connectivity index (χ2v) is 2.77. The molecule has 0 amide bonds. The Morgan fingerprint density at radius 1 is 1.46 bits per heavy atom. The highest BCUT2D eigenvalue weighted by atomic mass is 35.5. The van der Waals surface area contributed by atoms with Crippen molar-refractivity contribution in [2.24, 2.45) is 5.92 Å². The standard InChI is InChI=1S/C6H8F3NO2.ClH/c7-6(8,9)3-1-4(5(11)12)10-2-3;/h3-4,10H,1-2H2,(H,11,12);1H/t3-,4+;/m1./s1. The highest BCUT2D eigenvalue weighted by Crippen LogP contribution is 2.32. The van der Waals surface area contributed by atoms with Crippen molar-refractivity contribution in [2.75, 3.05) is 6.54 Å². The number of carboxylic acids is 1. The summed E-state index contributed by atoms with van der Waals surface area (Å²) in [4.78, 5) is 10.2. The van der Waals surface area contributed by atoms with Crippen LogP contribution in [0.2, 0.25) is 0 Å². The maximum absolute atomic E-state index is 12.0. The summed E-state index contributed by atoms with van der Waals surface area (Å²) >= 11 is 0. The van der Waals surface area contributed by atoms with E-state index in [1.165, 1.54) is 0 Å². The molecule has 7 heteroatoms. The molecule has 3 nitrogen and oxygen atoms in total. The summed E-state index contributed by atoms with van der Waals surface area (Å²) in [5.41, 5.74) is 0. The van der Waals surface area contributed by atoms with E-state index in [0.29, 0.717) is 0 Å². The Bertz CT molecular complexity index is 197. The first-order valence-corrected chi connectivity index (χ1v) is 3.44. The number of alkyl halides is 3. The highest BCUT2D eigenvalue weighted by Gasteiger charge is 2.45. The summed E-state index contributed by atoms with van der Waals surface area (Å²) in [6.45, 7) is -0.291. The molecular formula is C6H9ClF3NO2. The third-order valence-electron chi connectivity index (χ3n) is 1.89. The molecule has 1 fully saturated rings. The van der Waals surface area contributed by atoms with E-state index in [-0.39, 0.29) is 25.4 Å². The molecule has 1 aliphatic heterocycles. The van der Waals surface area contributed by atoms with Gasteiger partial charge >= 0.3 is 12.1 Å². The normalized spacial score (nSPS) is 28.2.